The molecule has 0 aromatic heterocycles. The predicted octanol–water partition coefficient (Wildman–Crippen LogP) is -1.04. The minimum Gasteiger partial charge on any atom is -0.508 e. The summed E-state index contributed by atoms with van der Waals surface area (Å²) in [7, 11) is -0.531. The monoisotopic (exact) mass is 283 g/mol. The van der Waals surface area contributed by atoms with Gasteiger partial charge in [-0.05, 0) is 26.6 Å². The summed E-state index contributed by atoms with van der Waals surface area (Å²) in [5.74, 6) is -0.779. The van der Waals surface area contributed by atoms with E-state index in [-0.39, 0.29) is 18.4 Å². The van der Waals surface area contributed by atoms with E-state index in [4.69, 9.17) is 20.8 Å². The molecule has 7 nitrogen and oxygen atoms in total. The number of carbonyl (C=O) groups is 2. The Hall–Kier alpha value is -1.12. The van der Waals surface area contributed by atoms with E-state index in [9.17, 15) is 9.59 Å². The number of fused-ring (bicyclic) bond motifs is 1. The number of rotatable bonds is 3. The molecule has 2 rings (SSSR count). The second-order valence-electron chi connectivity index (χ2n) is 5.61. The molecule has 0 aromatic rings. The number of nitrogens with two attached hydrogens (primary N) is 2. The van der Waals surface area contributed by atoms with E-state index in [0.717, 1.165) is 0 Å². The van der Waals surface area contributed by atoms with E-state index in [1.165, 1.54) is 0 Å². The Balaban J connectivity index is 2.11. The molecule has 0 bridgehead atoms. The zero-order valence-electron chi connectivity index (χ0n) is 12.0. The first-order chi connectivity index (χ1) is 9.38. The van der Waals surface area contributed by atoms with Crippen LogP contribution in [0.4, 0.5) is 0 Å². The molecule has 2 fully saturated rings. The lowest BCUT2D eigenvalue weighted by Gasteiger charge is -2.25. The quantitative estimate of drug-likeness (QED) is 0.641. The van der Waals surface area contributed by atoms with Crippen LogP contribution in [0.1, 0.15) is 20.3 Å². The molecule has 0 spiro atoms. The fourth-order valence-electron chi connectivity index (χ4n) is 2.90. The van der Waals surface area contributed by atoms with Crippen molar-refractivity contribution in [3.8, 4) is 0 Å². The highest BCUT2D eigenvalue weighted by Gasteiger charge is 2.54. The molecule has 2 saturated heterocycles. The van der Waals surface area contributed by atoms with Crippen LogP contribution >= 0.6 is 0 Å². The Morgan fingerprint density at radius 1 is 1.70 bits per heavy atom. The summed E-state index contributed by atoms with van der Waals surface area (Å²) in [6.07, 6.45) is 1.29. The van der Waals surface area contributed by atoms with Gasteiger partial charge in [-0.25, -0.2) is 0 Å². The molecule has 4 N–H and O–H groups in total. The maximum absolute atomic E-state index is 12.2. The number of likely N-dealkylation sites (tertiary alicyclic amines) is 1. The Labute approximate surface area is 119 Å². The van der Waals surface area contributed by atoms with Crippen molar-refractivity contribution in [2.45, 2.75) is 38.2 Å². The van der Waals surface area contributed by atoms with Crippen LogP contribution in [0.5, 0.6) is 0 Å². The lowest BCUT2D eigenvalue weighted by atomic mass is 9.78. The summed E-state index contributed by atoms with van der Waals surface area (Å²) in [6.45, 7) is 4.57. The second kappa shape index (κ2) is 5.71. The molecule has 0 aliphatic carbocycles. The highest BCUT2D eigenvalue weighted by atomic mass is 16.6. The van der Waals surface area contributed by atoms with Crippen molar-refractivity contribution >= 4 is 19.0 Å². The number of amides is 1. The van der Waals surface area contributed by atoms with Crippen LogP contribution in [0.3, 0.4) is 0 Å². The molecule has 2 aliphatic heterocycles. The standard InChI is InChI=1S/C12H22BN3O4/c1-3-19-13-5-4-9-6-16(10(17)8(2)14)7-12(9,15)11(18)20-13/h8-9H,3-7,14-15H2,1-2H3. The van der Waals surface area contributed by atoms with Gasteiger partial charge in [-0.2, -0.15) is 0 Å². The van der Waals surface area contributed by atoms with Crippen molar-refractivity contribution in [2.75, 3.05) is 19.7 Å². The van der Waals surface area contributed by atoms with Crippen LogP contribution in [0.2, 0.25) is 6.32 Å². The van der Waals surface area contributed by atoms with Gasteiger partial charge in [-0.1, -0.05) is 0 Å². The minimum absolute atomic E-state index is 0.108. The SMILES string of the molecule is CCOB1CCC2CN(C(=O)C(C)N)CC2(N)C(=O)O1. The zero-order chi connectivity index (χ0) is 14.9. The first-order valence-corrected chi connectivity index (χ1v) is 7.04. The van der Waals surface area contributed by atoms with Gasteiger partial charge in [0.25, 0.3) is 0 Å². The first-order valence-electron chi connectivity index (χ1n) is 7.04. The van der Waals surface area contributed by atoms with Gasteiger partial charge in [0.2, 0.25) is 5.91 Å². The van der Waals surface area contributed by atoms with E-state index in [2.05, 4.69) is 0 Å². The molecular formula is C12H22BN3O4. The Bertz CT molecular complexity index is 406. The van der Waals surface area contributed by atoms with Crippen LogP contribution in [0.25, 0.3) is 0 Å². The molecule has 112 valence electrons. The smallest absolute Gasteiger partial charge is 0.508 e. The lowest BCUT2D eigenvalue weighted by molar-refractivity contribution is -0.142. The maximum Gasteiger partial charge on any atom is 0.527 e. The summed E-state index contributed by atoms with van der Waals surface area (Å²) in [5.41, 5.74) is 10.7. The summed E-state index contributed by atoms with van der Waals surface area (Å²) in [4.78, 5) is 25.8. The van der Waals surface area contributed by atoms with E-state index in [1.54, 1.807) is 11.8 Å². The van der Waals surface area contributed by atoms with Crippen molar-refractivity contribution in [1.82, 2.24) is 4.90 Å². The van der Waals surface area contributed by atoms with E-state index in [0.29, 0.717) is 25.9 Å². The molecule has 1 amide bonds. The van der Waals surface area contributed by atoms with Crippen molar-refractivity contribution < 1.29 is 18.9 Å². The molecule has 3 unspecified atom stereocenters. The fourth-order valence-corrected chi connectivity index (χ4v) is 2.90. The normalized spacial score (nSPS) is 31.6. The topological polar surface area (TPSA) is 108 Å². The van der Waals surface area contributed by atoms with Gasteiger partial charge in [-0.3, -0.25) is 9.59 Å². The molecular weight excluding hydrogens is 261 g/mol. The van der Waals surface area contributed by atoms with E-state index in [1.807, 2.05) is 6.92 Å². The van der Waals surface area contributed by atoms with Gasteiger partial charge in [0.15, 0.2) is 0 Å². The second-order valence-corrected chi connectivity index (χ2v) is 5.61. The zero-order valence-corrected chi connectivity index (χ0v) is 12.0. The average Bonchev–Trinajstić information content (AvgIpc) is 2.68. The number of nitrogens with zero attached hydrogens (tertiary/aromatic N) is 1. The van der Waals surface area contributed by atoms with Crippen LogP contribution in [-0.4, -0.2) is 55.2 Å². The van der Waals surface area contributed by atoms with Crippen LogP contribution in [0, 0.1) is 5.92 Å². The summed E-state index contributed by atoms with van der Waals surface area (Å²) < 4.78 is 10.7. The molecule has 20 heavy (non-hydrogen) atoms. The van der Waals surface area contributed by atoms with Crippen LogP contribution < -0.4 is 11.5 Å². The molecule has 0 aromatic carbocycles. The van der Waals surface area contributed by atoms with Gasteiger partial charge in [-0.15, -0.1) is 0 Å². The molecule has 3 atom stereocenters. The van der Waals surface area contributed by atoms with Gasteiger partial charge in [0, 0.05) is 25.6 Å². The van der Waals surface area contributed by atoms with Gasteiger partial charge < -0.3 is 25.7 Å². The minimum atomic E-state index is -1.14. The van der Waals surface area contributed by atoms with Crippen molar-refractivity contribution in [1.29, 1.82) is 0 Å². The lowest BCUT2D eigenvalue weighted by Crippen LogP contribution is -2.56. The third kappa shape index (κ3) is 2.68. The molecule has 8 heteroatoms. The fraction of sp³-hybridized carbons (Fsp3) is 0.833. The van der Waals surface area contributed by atoms with Crippen LogP contribution in [0.15, 0.2) is 0 Å². The summed E-state index contributed by atoms with van der Waals surface area (Å²) >= 11 is 0. The summed E-state index contributed by atoms with van der Waals surface area (Å²) in [5, 5.41) is 0. The number of carbonyl (C=O) groups excluding carboxylic acids is 2. The van der Waals surface area contributed by atoms with E-state index >= 15 is 0 Å². The third-order valence-corrected chi connectivity index (χ3v) is 4.04. The largest absolute Gasteiger partial charge is 0.527 e. The Morgan fingerprint density at radius 3 is 3.00 bits per heavy atom. The Morgan fingerprint density at radius 2 is 2.40 bits per heavy atom. The molecule has 0 radical (unpaired) electrons. The number of hydrogen-bond donors (Lipinski definition) is 2. The molecule has 0 saturated carbocycles. The van der Waals surface area contributed by atoms with Crippen molar-refractivity contribution in [3.63, 3.8) is 0 Å². The highest BCUT2D eigenvalue weighted by molar-refractivity contribution is 6.47. The first kappa shape index (κ1) is 15.3. The van der Waals surface area contributed by atoms with Crippen LogP contribution in [-0.2, 0) is 18.9 Å². The molecule has 2 heterocycles. The highest BCUT2D eigenvalue weighted by Crippen LogP contribution is 2.34. The number of hydrogen-bond acceptors (Lipinski definition) is 6. The average molecular weight is 283 g/mol. The van der Waals surface area contributed by atoms with Gasteiger partial charge >= 0.3 is 13.1 Å². The third-order valence-electron chi connectivity index (χ3n) is 4.04. The van der Waals surface area contributed by atoms with Crippen molar-refractivity contribution in [2.24, 2.45) is 17.4 Å². The molecule has 2 aliphatic rings. The predicted molar refractivity (Wildman–Crippen MR) is 73.5 cm³/mol. The maximum atomic E-state index is 12.2. The van der Waals surface area contributed by atoms with E-state index < -0.39 is 24.7 Å². The van der Waals surface area contributed by atoms with Crippen molar-refractivity contribution in [3.05, 3.63) is 0 Å². The van der Waals surface area contributed by atoms with Gasteiger partial charge in [0.05, 0.1) is 6.04 Å². The Kier molecular flexibility index (Phi) is 4.36. The van der Waals surface area contributed by atoms with Gasteiger partial charge in [0.1, 0.15) is 5.54 Å². The summed E-state index contributed by atoms with van der Waals surface area (Å²) in [6, 6.07) is -0.590.